The normalized spacial score (nSPS) is 15.1. The molecule has 30 heavy (non-hydrogen) atoms. The highest BCUT2D eigenvalue weighted by Gasteiger charge is 2.20. The van der Waals surface area contributed by atoms with Gasteiger partial charge in [0.15, 0.2) is 0 Å². The molecule has 0 saturated carbocycles. The number of fused-ring (bicyclic) bond motifs is 1. The number of hydroxylamine groups is 1. The molecule has 3 aromatic rings. The van der Waals surface area contributed by atoms with E-state index in [2.05, 4.69) is 39.0 Å². The Morgan fingerprint density at radius 2 is 1.83 bits per heavy atom. The average Bonchev–Trinajstić information content (AvgIpc) is 2.78. The van der Waals surface area contributed by atoms with E-state index >= 15 is 0 Å². The van der Waals surface area contributed by atoms with Gasteiger partial charge >= 0.3 is 0 Å². The SMILES string of the molecule is O=C(C=Cc1ccc(CN2CCN(c3nc(Cl)cc4ccccc34)CC2)cc1)NO. The molecule has 0 aliphatic carbocycles. The topological polar surface area (TPSA) is 68.7 Å². The predicted octanol–water partition coefficient (Wildman–Crippen LogP) is 3.73. The zero-order valence-electron chi connectivity index (χ0n) is 16.5. The zero-order valence-corrected chi connectivity index (χ0v) is 17.2. The molecule has 0 radical (unpaired) electrons. The van der Waals surface area contributed by atoms with E-state index < -0.39 is 5.91 Å². The molecular weight excluding hydrogens is 400 g/mol. The number of benzene rings is 2. The first-order valence-corrected chi connectivity index (χ1v) is 10.2. The summed E-state index contributed by atoms with van der Waals surface area (Å²) in [4.78, 5) is 20.4. The second kappa shape index (κ2) is 9.26. The van der Waals surface area contributed by atoms with Gasteiger partial charge in [-0.05, 0) is 28.7 Å². The quantitative estimate of drug-likeness (QED) is 0.284. The summed E-state index contributed by atoms with van der Waals surface area (Å²) in [5.41, 5.74) is 3.71. The van der Waals surface area contributed by atoms with Gasteiger partial charge in [0, 0.05) is 44.2 Å². The van der Waals surface area contributed by atoms with E-state index in [0.717, 1.165) is 54.9 Å². The fourth-order valence-electron chi connectivity index (χ4n) is 3.71. The maximum absolute atomic E-state index is 11.1. The van der Waals surface area contributed by atoms with Gasteiger partial charge in [0.25, 0.3) is 5.91 Å². The highest BCUT2D eigenvalue weighted by Crippen LogP contribution is 2.28. The Bertz CT molecular complexity index is 1060. The molecule has 0 bridgehead atoms. The minimum Gasteiger partial charge on any atom is -0.353 e. The molecule has 1 amide bonds. The molecular formula is C23H23ClN4O2. The molecule has 0 unspecified atom stereocenters. The Hall–Kier alpha value is -2.93. The van der Waals surface area contributed by atoms with Gasteiger partial charge in [0.05, 0.1) is 0 Å². The van der Waals surface area contributed by atoms with Crippen molar-refractivity contribution in [1.82, 2.24) is 15.4 Å². The van der Waals surface area contributed by atoms with Crippen LogP contribution in [0.1, 0.15) is 11.1 Å². The molecule has 2 aromatic carbocycles. The molecule has 1 saturated heterocycles. The summed E-state index contributed by atoms with van der Waals surface area (Å²) in [6.07, 6.45) is 2.96. The van der Waals surface area contributed by atoms with Crippen LogP contribution in [-0.2, 0) is 11.3 Å². The molecule has 154 valence electrons. The van der Waals surface area contributed by atoms with Crippen LogP contribution in [0.4, 0.5) is 5.82 Å². The molecule has 7 heteroatoms. The standard InChI is InChI=1S/C23H23ClN4O2/c24-21-15-19-3-1-2-4-20(19)23(25-21)28-13-11-27(12-14-28)16-18-7-5-17(6-8-18)9-10-22(29)26-30/h1-10,15,30H,11-14,16H2,(H,26,29). The van der Waals surface area contributed by atoms with Crippen LogP contribution in [-0.4, -0.2) is 47.2 Å². The Morgan fingerprint density at radius 3 is 2.57 bits per heavy atom. The minimum atomic E-state index is -0.543. The van der Waals surface area contributed by atoms with Crippen molar-refractivity contribution in [2.45, 2.75) is 6.54 Å². The summed E-state index contributed by atoms with van der Waals surface area (Å²) in [6.45, 7) is 4.56. The van der Waals surface area contributed by atoms with Gasteiger partial charge in [-0.15, -0.1) is 0 Å². The first kappa shape index (κ1) is 20.3. The fraction of sp³-hybridized carbons (Fsp3) is 0.217. The van der Waals surface area contributed by atoms with Gasteiger partial charge in [0.1, 0.15) is 11.0 Å². The van der Waals surface area contributed by atoms with Crippen molar-refractivity contribution in [1.29, 1.82) is 0 Å². The van der Waals surface area contributed by atoms with Crippen molar-refractivity contribution in [3.05, 3.63) is 77.0 Å². The van der Waals surface area contributed by atoms with E-state index in [1.165, 1.54) is 11.6 Å². The number of carbonyl (C=O) groups excluding carboxylic acids is 1. The Balaban J connectivity index is 1.37. The number of piperazine rings is 1. The van der Waals surface area contributed by atoms with E-state index in [-0.39, 0.29) is 0 Å². The largest absolute Gasteiger partial charge is 0.353 e. The minimum absolute atomic E-state index is 0.525. The highest BCUT2D eigenvalue weighted by atomic mass is 35.5. The number of nitrogens with one attached hydrogen (secondary N) is 1. The number of aromatic nitrogens is 1. The highest BCUT2D eigenvalue weighted by molar-refractivity contribution is 6.30. The molecule has 2 N–H and O–H groups in total. The second-order valence-electron chi connectivity index (χ2n) is 7.30. The van der Waals surface area contributed by atoms with Crippen molar-refractivity contribution >= 4 is 40.2 Å². The van der Waals surface area contributed by atoms with Crippen LogP contribution in [0.5, 0.6) is 0 Å². The molecule has 6 nitrogen and oxygen atoms in total. The smallest absolute Gasteiger partial charge is 0.267 e. The van der Waals surface area contributed by atoms with E-state index in [1.807, 2.05) is 30.3 Å². The van der Waals surface area contributed by atoms with Gasteiger partial charge in [-0.25, -0.2) is 10.5 Å². The van der Waals surface area contributed by atoms with Crippen LogP contribution >= 0.6 is 11.6 Å². The maximum atomic E-state index is 11.1. The lowest BCUT2D eigenvalue weighted by molar-refractivity contribution is -0.124. The van der Waals surface area contributed by atoms with Crippen LogP contribution < -0.4 is 10.4 Å². The van der Waals surface area contributed by atoms with E-state index in [0.29, 0.717) is 5.15 Å². The molecule has 1 fully saturated rings. The second-order valence-corrected chi connectivity index (χ2v) is 7.69. The van der Waals surface area contributed by atoms with Crippen molar-refractivity contribution in [3.63, 3.8) is 0 Å². The summed E-state index contributed by atoms with van der Waals surface area (Å²) in [7, 11) is 0. The van der Waals surface area contributed by atoms with E-state index in [9.17, 15) is 4.79 Å². The van der Waals surface area contributed by atoms with Gasteiger partial charge in [0.2, 0.25) is 0 Å². The number of hydrogen-bond donors (Lipinski definition) is 2. The maximum Gasteiger partial charge on any atom is 0.267 e. The third-order valence-corrected chi connectivity index (χ3v) is 5.48. The van der Waals surface area contributed by atoms with Crippen LogP contribution in [0, 0.1) is 0 Å². The number of hydrogen-bond acceptors (Lipinski definition) is 5. The Kier molecular flexibility index (Phi) is 6.28. The Labute approximate surface area is 180 Å². The van der Waals surface area contributed by atoms with E-state index in [4.69, 9.17) is 16.8 Å². The van der Waals surface area contributed by atoms with Crippen molar-refractivity contribution < 1.29 is 10.0 Å². The van der Waals surface area contributed by atoms with Gasteiger partial charge < -0.3 is 4.90 Å². The predicted molar refractivity (Wildman–Crippen MR) is 120 cm³/mol. The van der Waals surface area contributed by atoms with E-state index in [1.54, 1.807) is 11.6 Å². The van der Waals surface area contributed by atoms with Gasteiger partial charge in [-0.2, -0.15) is 0 Å². The van der Waals surface area contributed by atoms with Crippen molar-refractivity contribution in [2.24, 2.45) is 0 Å². The summed E-state index contributed by atoms with van der Waals surface area (Å²) in [5.74, 6) is 0.416. The van der Waals surface area contributed by atoms with Crippen LogP contribution in [0.15, 0.2) is 60.7 Å². The third kappa shape index (κ3) is 4.79. The first-order valence-electron chi connectivity index (χ1n) is 9.86. The fourth-order valence-corrected chi connectivity index (χ4v) is 3.91. The van der Waals surface area contributed by atoms with Crippen LogP contribution in [0.25, 0.3) is 16.8 Å². The number of carbonyl (C=O) groups is 1. The zero-order chi connectivity index (χ0) is 20.9. The van der Waals surface area contributed by atoms with Crippen LogP contribution in [0.2, 0.25) is 5.15 Å². The molecule has 1 aliphatic rings. The molecule has 1 aliphatic heterocycles. The van der Waals surface area contributed by atoms with Gasteiger partial charge in [-0.1, -0.05) is 60.1 Å². The molecule has 0 spiro atoms. The number of rotatable bonds is 5. The monoisotopic (exact) mass is 422 g/mol. The lowest BCUT2D eigenvalue weighted by Crippen LogP contribution is -2.46. The molecule has 4 rings (SSSR count). The average molecular weight is 423 g/mol. The number of halogens is 1. The van der Waals surface area contributed by atoms with Crippen molar-refractivity contribution in [3.8, 4) is 0 Å². The van der Waals surface area contributed by atoms with Gasteiger partial charge in [-0.3, -0.25) is 14.9 Å². The number of nitrogens with zero attached hydrogens (tertiary/aromatic N) is 3. The van der Waals surface area contributed by atoms with Crippen molar-refractivity contribution in [2.75, 3.05) is 31.1 Å². The summed E-state index contributed by atoms with van der Waals surface area (Å²) in [6, 6.07) is 18.2. The number of pyridine rings is 1. The lowest BCUT2D eigenvalue weighted by atomic mass is 10.1. The number of amides is 1. The molecule has 0 atom stereocenters. The molecule has 1 aromatic heterocycles. The van der Waals surface area contributed by atoms with Crippen LogP contribution in [0.3, 0.4) is 0 Å². The number of anilines is 1. The summed E-state index contributed by atoms with van der Waals surface area (Å²) in [5, 5.41) is 11.3. The summed E-state index contributed by atoms with van der Waals surface area (Å²) >= 11 is 6.25. The Morgan fingerprint density at radius 1 is 1.10 bits per heavy atom. The first-order chi connectivity index (χ1) is 14.6. The third-order valence-electron chi connectivity index (χ3n) is 5.28. The lowest BCUT2D eigenvalue weighted by Gasteiger charge is -2.36. The summed E-state index contributed by atoms with van der Waals surface area (Å²) < 4.78 is 0. The molecule has 2 heterocycles.